The highest BCUT2D eigenvalue weighted by molar-refractivity contribution is 5.66. The summed E-state index contributed by atoms with van der Waals surface area (Å²) in [7, 11) is 0. The van der Waals surface area contributed by atoms with Crippen LogP contribution in [0.25, 0.3) is 0 Å². The minimum Gasteiger partial charge on any atom is -0.461 e. The van der Waals surface area contributed by atoms with Gasteiger partial charge in [-0.2, -0.15) is 5.26 Å². The molecule has 0 saturated carbocycles. The molecule has 2 atom stereocenters. The molecule has 0 aliphatic carbocycles. The van der Waals surface area contributed by atoms with Crippen molar-refractivity contribution in [1.82, 2.24) is 0 Å². The first-order valence-electron chi connectivity index (χ1n) is 9.08. The summed E-state index contributed by atoms with van der Waals surface area (Å²) in [6.07, 6.45) is 3.08. The molecular formula is C22H31NO3. The molecule has 0 fully saturated rings. The maximum absolute atomic E-state index is 11.4. The molecule has 0 aliphatic rings. The quantitative estimate of drug-likeness (QED) is 0.353. The second-order valence-corrected chi connectivity index (χ2v) is 7.72. The number of hydrogen-bond acceptors (Lipinski definition) is 4. The molecule has 0 aromatic heterocycles. The maximum Gasteiger partial charge on any atom is 0.302 e. The predicted octanol–water partition coefficient (Wildman–Crippen LogP) is 5.05. The van der Waals surface area contributed by atoms with Crippen LogP contribution in [0, 0.1) is 22.7 Å². The second-order valence-electron chi connectivity index (χ2n) is 7.72. The molecule has 0 amide bonds. The zero-order valence-electron chi connectivity index (χ0n) is 16.6. The van der Waals surface area contributed by atoms with E-state index in [2.05, 4.69) is 12.1 Å². The standard InChI is InChI=1S/C22H31NO3/c1-17(13-14-25-16-19-9-7-6-8-10-19)11-12-20(15-23)21(22(3,4)5)26-18(2)24/h6-10,13,20-21H,11-12,14,16H2,1-5H3/b17-13-. The van der Waals surface area contributed by atoms with Crippen LogP contribution in [0.15, 0.2) is 42.0 Å². The number of carbonyl (C=O) groups excluding carboxylic acids is 1. The third-order valence-electron chi connectivity index (χ3n) is 4.19. The van der Waals surface area contributed by atoms with Gasteiger partial charge in [-0.05, 0) is 25.3 Å². The Morgan fingerprint density at radius 2 is 1.88 bits per heavy atom. The first-order chi connectivity index (χ1) is 12.2. The summed E-state index contributed by atoms with van der Waals surface area (Å²) in [6.45, 7) is 10.5. The first-order valence-corrected chi connectivity index (χ1v) is 9.08. The molecule has 0 saturated heterocycles. The number of rotatable bonds is 9. The summed E-state index contributed by atoms with van der Waals surface area (Å²) in [5.41, 5.74) is 2.05. The molecule has 2 unspecified atom stereocenters. The SMILES string of the molecule is CC(=O)OC(C(C#N)CC/C(C)=C\COCc1ccccc1)C(C)(C)C. The van der Waals surface area contributed by atoms with Crippen LogP contribution < -0.4 is 0 Å². The fourth-order valence-corrected chi connectivity index (χ4v) is 2.76. The number of esters is 1. The van der Waals surface area contributed by atoms with Crippen LogP contribution >= 0.6 is 0 Å². The van der Waals surface area contributed by atoms with Crippen LogP contribution in [0.2, 0.25) is 0 Å². The Morgan fingerprint density at radius 1 is 1.23 bits per heavy atom. The van der Waals surface area contributed by atoms with E-state index in [0.29, 0.717) is 19.6 Å². The van der Waals surface area contributed by atoms with Gasteiger partial charge in [-0.3, -0.25) is 4.79 Å². The van der Waals surface area contributed by atoms with Crippen molar-refractivity contribution in [3.05, 3.63) is 47.5 Å². The molecule has 26 heavy (non-hydrogen) atoms. The largest absolute Gasteiger partial charge is 0.461 e. The molecule has 0 heterocycles. The lowest BCUT2D eigenvalue weighted by Gasteiger charge is -2.33. The van der Waals surface area contributed by atoms with Crippen LogP contribution in [-0.4, -0.2) is 18.7 Å². The third-order valence-corrected chi connectivity index (χ3v) is 4.19. The highest BCUT2D eigenvalue weighted by Crippen LogP contribution is 2.31. The lowest BCUT2D eigenvalue weighted by Crippen LogP contribution is -2.37. The Bertz CT molecular complexity index is 623. The Kier molecular flexibility index (Phi) is 9.09. The number of ether oxygens (including phenoxy) is 2. The zero-order chi connectivity index (χ0) is 19.6. The van der Waals surface area contributed by atoms with Gasteiger partial charge in [0, 0.05) is 12.3 Å². The highest BCUT2D eigenvalue weighted by Gasteiger charge is 2.34. The molecule has 142 valence electrons. The third kappa shape index (κ3) is 8.31. The van der Waals surface area contributed by atoms with Crippen molar-refractivity contribution in [3.8, 4) is 6.07 Å². The van der Waals surface area contributed by atoms with E-state index in [0.717, 1.165) is 12.0 Å². The average Bonchev–Trinajstić information content (AvgIpc) is 2.58. The van der Waals surface area contributed by atoms with Gasteiger partial charge in [0.1, 0.15) is 6.10 Å². The van der Waals surface area contributed by atoms with Crippen molar-refractivity contribution in [3.63, 3.8) is 0 Å². The van der Waals surface area contributed by atoms with Crippen molar-refractivity contribution in [2.75, 3.05) is 6.61 Å². The Labute approximate surface area is 157 Å². The van der Waals surface area contributed by atoms with E-state index < -0.39 is 6.10 Å². The van der Waals surface area contributed by atoms with Crippen LogP contribution in [0.4, 0.5) is 0 Å². The second kappa shape index (κ2) is 10.8. The van der Waals surface area contributed by atoms with Gasteiger partial charge in [0.25, 0.3) is 0 Å². The van der Waals surface area contributed by atoms with Gasteiger partial charge in [-0.1, -0.05) is 62.8 Å². The first kappa shape index (κ1) is 21.9. The van der Waals surface area contributed by atoms with E-state index in [9.17, 15) is 10.1 Å². The summed E-state index contributed by atoms with van der Waals surface area (Å²) in [5, 5.41) is 9.54. The smallest absolute Gasteiger partial charge is 0.302 e. The van der Waals surface area contributed by atoms with E-state index in [1.807, 2.05) is 58.0 Å². The molecule has 1 aromatic carbocycles. The van der Waals surface area contributed by atoms with Crippen molar-refractivity contribution >= 4 is 5.97 Å². The van der Waals surface area contributed by atoms with Gasteiger partial charge in [-0.25, -0.2) is 0 Å². The Balaban J connectivity index is 2.50. The van der Waals surface area contributed by atoms with E-state index in [-0.39, 0.29) is 17.3 Å². The number of hydrogen-bond donors (Lipinski definition) is 0. The van der Waals surface area contributed by atoms with Gasteiger partial charge in [0.05, 0.1) is 25.2 Å². The number of allylic oxidation sites excluding steroid dienone is 1. The number of nitrogens with zero attached hydrogens (tertiary/aromatic N) is 1. The van der Waals surface area contributed by atoms with E-state index in [1.54, 1.807) is 0 Å². The molecule has 1 rings (SSSR count). The monoisotopic (exact) mass is 357 g/mol. The molecule has 0 aliphatic heterocycles. The fourth-order valence-electron chi connectivity index (χ4n) is 2.76. The number of carbonyl (C=O) groups is 1. The lowest BCUT2D eigenvalue weighted by atomic mass is 9.79. The van der Waals surface area contributed by atoms with Crippen LogP contribution in [0.1, 0.15) is 53.0 Å². The molecule has 0 radical (unpaired) electrons. The Hall–Kier alpha value is -2.12. The molecule has 1 aromatic rings. The molecule has 4 heteroatoms. The number of nitriles is 1. The van der Waals surface area contributed by atoms with Crippen LogP contribution in [0.3, 0.4) is 0 Å². The van der Waals surface area contributed by atoms with Gasteiger partial charge >= 0.3 is 5.97 Å². The normalized spacial score (nSPS) is 14.4. The predicted molar refractivity (Wildman–Crippen MR) is 103 cm³/mol. The molecule has 4 nitrogen and oxygen atoms in total. The minimum atomic E-state index is -0.410. The summed E-state index contributed by atoms with van der Waals surface area (Å²) >= 11 is 0. The van der Waals surface area contributed by atoms with Crippen molar-refractivity contribution < 1.29 is 14.3 Å². The van der Waals surface area contributed by atoms with Gasteiger partial charge in [0.15, 0.2) is 0 Å². The summed E-state index contributed by atoms with van der Waals surface area (Å²) < 4.78 is 11.1. The molecular weight excluding hydrogens is 326 g/mol. The number of benzene rings is 1. The fraction of sp³-hybridized carbons (Fsp3) is 0.545. The maximum atomic E-state index is 11.4. The van der Waals surface area contributed by atoms with Crippen LogP contribution in [-0.2, 0) is 20.9 Å². The van der Waals surface area contributed by atoms with Crippen molar-refractivity contribution in [2.45, 2.75) is 60.2 Å². The van der Waals surface area contributed by atoms with Gasteiger partial charge < -0.3 is 9.47 Å². The molecule has 0 bridgehead atoms. The van der Waals surface area contributed by atoms with Crippen molar-refractivity contribution in [1.29, 1.82) is 5.26 Å². The minimum absolute atomic E-state index is 0.275. The summed E-state index contributed by atoms with van der Waals surface area (Å²) in [5.74, 6) is -0.667. The highest BCUT2D eigenvalue weighted by atomic mass is 16.5. The lowest BCUT2D eigenvalue weighted by molar-refractivity contribution is -0.154. The summed E-state index contributed by atoms with van der Waals surface area (Å²) in [4.78, 5) is 11.4. The van der Waals surface area contributed by atoms with E-state index in [1.165, 1.54) is 12.5 Å². The van der Waals surface area contributed by atoms with Gasteiger partial charge in [-0.15, -0.1) is 0 Å². The Morgan fingerprint density at radius 3 is 2.42 bits per heavy atom. The van der Waals surface area contributed by atoms with Gasteiger partial charge in [0.2, 0.25) is 0 Å². The van der Waals surface area contributed by atoms with Crippen molar-refractivity contribution in [2.24, 2.45) is 11.3 Å². The average molecular weight is 357 g/mol. The van der Waals surface area contributed by atoms with E-state index >= 15 is 0 Å². The topological polar surface area (TPSA) is 59.3 Å². The van der Waals surface area contributed by atoms with Crippen LogP contribution in [0.5, 0.6) is 0 Å². The van der Waals surface area contributed by atoms with E-state index in [4.69, 9.17) is 9.47 Å². The molecule has 0 N–H and O–H groups in total. The zero-order valence-corrected chi connectivity index (χ0v) is 16.6. The summed E-state index contributed by atoms with van der Waals surface area (Å²) in [6, 6.07) is 12.4. The molecule has 0 spiro atoms.